The maximum absolute atomic E-state index is 9.06. The van der Waals surface area contributed by atoms with Crippen molar-refractivity contribution in [3.05, 3.63) is 32.4 Å². The van der Waals surface area contributed by atoms with Gasteiger partial charge in [-0.15, -0.1) is 0 Å². The van der Waals surface area contributed by atoms with Gasteiger partial charge in [0.15, 0.2) is 0 Å². The van der Waals surface area contributed by atoms with E-state index in [2.05, 4.69) is 48.6 Å². The van der Waals surface area contributed by atoms with Crippen molar-refractivity contribution in [2.24, 2.45) is 5.73 Å². The zero-order chi connectivity index (χ0) is 11.4. The Morgan fingerprint density at radius 3 is 2.07 bits per heavy atom. The summed E-state index contributed by atoms with van der Waals surface area (Å²) in [7, 11) is 0. The second kappa shape index (κ2) is 5.82. The number of halogens is 1. The first-order valence-electron chi connectivity index (χ1n) is 5.31. The van der Waals surface area contributed by atoms with E-state index in [0.717, 1.165) is 18.4 Å². The lowest BCUT2D eigenvalue weighted by Crippen LogP contribution is -2.15. The largest absolute Gasteiger partial charge is 0.394 e. The number of benzene rings is 1. The van der Waals surface area contributed by atoms with Crippen molar-refractivity contribution in [1.82, 2.24) is 0 Å². The molecule has 1 aromatic carbocycles. The smallest absolute Gasteiger partial charge is 0.0624 e. The Balaban J connectivity index is 3.20. The highest BCUT2D eigenvalue weighted by Crippen LogP contribution is 2.23. The van der Waals surface area contributed by atoms with E-state index in [9.17, 15) is 0 Å². The fraction of sp³-hybridized carbons (Fsp3) is 0.500. The van der Waals surface area contributed by atoms with E-state index < -0.39 is 0 Å². The molecule has 0 unspecified atom stereocenters. The molecular weight excluding hydrogens is 301 g/mol. The van der Waals surface area contributed by atoms with Crippen LogP contribution in [0.4, 0.5) is 0 Å². The lowest BCUT2D eigenvalue weighted by Gasteiger charge is -2.14. The lowest BCUT2D eigenvalue weighted by atomic mass is 9.99. The monoisotopic (exact) mass is 319 g/mol. The standard InChI is InChI=1S/C12H18INO/c1-3-8-5-10(11(14)7-15)6-9(4-2)12(8)13/h5-6,11,15H,3-4,7,14H2,1-2H3/t11-/m1/s1. The van der Waals surface area contributed by atoms with Gasteiger partial charge in [0.1, 0.15) is 0 Å². The Morgan fingerprint density at radius 1 is 1.27 bits per heavy atom. The van der Waals surface area contributed by atoms with Crippen LogP contribution >= 0.6 is 22.6 Å². The van der Waals surface area contributed by atoms with Gasteiger partial charge in [-0.05, 0) is 52.1 Å². The predicted octanol–water partition coefficient (Wildman–Crippen LogP) is 2.41. The van der Waals surface area contributed by atoms with Gasteiger partial charge in [-0.1, -0.05) is 26.0 Å². The van der Waals surface area contributed by atoms with Crippen LogP contribution in [-0.4, -0.2) is 11.7 Å². The molecule has 3 N–H and O–H groups in total. The molecule has 0 fully saturated rings. The molecule has 0 amide bonds. The van der Waals surface area contributed by atoms with E-state index in [1.54, 1.807) is 0 Å². The molecule has 0 saturated carbocycles. The molecule has 0 aliphatic carbocycles. The molecule has 2 nitrogen and oxygen atoms in total. The number of hydrogen-bond acceptors (Lipinski definition) is 2. The normalized spacial score (nSPS) is 12.9. The minimum absolute atomic E-state index is 0.00685. The first-order chi connectivity index (χ1) is 7.13. The first-order valence-corrected chi connectivity index (χ1v) is 6.39. The maximum atomic E-state index is 9.06. The van der Waals surface area contributed by atoms with Crippen molar-refractivity contribution in [3.63, 3.8) is 0 Å². The van der Waals surface area contributed by atoms with E-state index in [1.165, 1.54) is 14.7 Å². The molecular formula is C12H18INO. The summed E-state index contributed by atoms with van der Waals surface area (Å²) in [6.45, 7) is 4.29. The fourth-order valence-electron chi connectivity index (χ4n) is 1.61. The van der Waals surface area contributed by atoms with Crippen molar-refractivity contribution < 1.29 is 5.11 Å². The highest BCUT2D eigenvalue weighted by molar-refractivity contribution is 14.1. The molecule has 1 rings (SSSR count). The molecule has 0 aliphatic heterocycles. The molecule has 1 aromatic rings. The molecule has 0 aromatic heterocycles. The van der Waals surface area contributed by atoms with Gasteiger partial charge >= 0.3 is 0 Å². The van der Waals surface area contributed by atoms with Gasteiger partial charge in [0.05, 0.1) is 12.6 Å². The molecule has 1 atom stereocenters. The number of nitrogens with two attached hydrogens (primary N) is 1. The van der Waals surface area contributed by atoms with Gasteiger partial charge < -0.3 is 10.8 Å². The summed E-state index contributed by atoms with van der Waals surface area (Å²) in [5, 5.41) is 9.06. The van der Waals surface area contributed by atoms with Crippen LogP contribution in [0.3, 0.4) is 0 Å². The summed E-state index contributed by atoms with van der Waals surface area (Å²) in [5.41, 5.74) is 9.54. The summed E-state index contributed by atoms with van der Waals surface area (Å²) in [6.07, 6.45) is 2.02. The molecule has 0 aliphatic rings. The SMILES string of the molecule is CCc1cc([C@H](N)CO)cc(CC)c1I. The van der Waals surface area contributed by atoms with Gasteiger partial charge in [0.25, 0.3) is 0 Å². The van der Waals surface area contributed by atoms with Crippen LogP contribution in [0.2, 0.25) is 0 Å². The predicted molar refractivity (Wildman–Crippen MR) is 71.9 cm³/mol. The van der Waals surface area contributed by atoms with Crippen LogP contribution in [0.5, 0.6) is 0 Å². The Kier molecular flexibility index (Phi) is 5.02. The second-order valence-corrected chi connectivity index (χ2v) is 4.73. The van der Waals surface area contributed by atoms with Crippen molar-refractivity contribution >= 4 is 22.6 Å². The summed E-state index contributed by atoms with van der Waals surface area (Å²) >= 11 is 2.39. The van der Waals surface area contributed by atoms with Crippen molar-refractivity contribution in [3.8, 4) is 0 Å². The molecule has 0 saturated heterocycles. The summed E-state index contributed by atoms with van der Waals surface area (Å²) in [4.78, 5) is 0. The van der Waals surface area contributed by atoms with Crippen LogP contribution < -0.4 is 5.73 Å². The highest BCUT2D eigenvalue weighted by Gasteiger charge is 2.10. The van der Waals surface area contributed by atoms with Gasteiger partial charge in [-0.25, -0.2) is 0 Å². The van der Waals surface area contributed by atoms with Gasteiger partial charge in [-0.3, -0.25) is 0 Å². The quantitative estimate of drug-likeness (QED) is 0.837. The second-order valence-electron chi connectivity index (χ2n) is 3.65. The zero-order valence-electron chi connectivity index (χ0n) is 9.26. The number of aliphatic hydroxyl groups is 1. The first kappa shape index (κ1) is 12.9. The summed E-state index contributed by atoms with van der Waals surface area (Å²) in [6, 6.07) is 3.97. The fourth-order valence-corrected chi connectivity index (χ4v) is 2.69. The van der Waals surface area contributed by atoms with Gasteiger partial charge in [0.2, 0.25) is 0 Å². The average molecular weight is 319 g/mol. The van der Waals surface area contributed by atoms with Crippen LogP contribution in [0.25, 0.3) is 0 Å². The Hall–Kier alpha value is -0.130. The van der Waals surface area contributed by atoms with E-state index in [-0.39, 0.29) is 12.6 Å². The number of hydrogen-bond donors (Lipinski definition) is 2. The minimum atomic E-state index is -0.252. The van der Waals surface area contributed by atoms with Crippen molar-refractivity contribution in [2.45, 2.75) is 32.7 Å². The summed E-state index contributed by atoms with van der Waals surface area (Å²) < 4.78 is 1.34. The van der Waals surface area contributed by atoms with Crippen molar-refractivity contribution in [2.75, 3.05) is 6.61 Å². The average Bonchev–Trinajstić information content (AvgIpc) is 2.28. The summed E-state index contributed by atoms with van der Waals surface area (Å²) in [5.74, 6) is 0. The third-order valence-corrected chi connectivity index (χ3v) is 4.02. The minimum Gasteiger partial charge on any atom is -0.394 e. The third-order valence-electron chi connectivity index (χ3n) is 2.63. The van der Waals surface area contributed by atoms with Gasteiger partial charge in [0, 0.05) is 3.57 Å². The van der Waals surface area contributed by atoms with E-state index >= 15 is 0 Å². The van der Waals surface area contributed by atoms with Crippen LogP contribution in [0.15, 0.2) is 12.1 Å². The Bertz CT molecular complexity index is 313. The van der Waals surface area contributed by atoms with E-state index in [1.807, 2.05) is 0 Å². The molecule has 0 radical (unpaired) electrons. The maximum Gasteiger partial charge on any atom is 0.0624 e. The third kappa shape index (κ3) is 2.92. The van der Waals surface area contributed by atoms with Gasteiger partial charge in [-0.2, -0.15) is 0 Å². The molecule has 15 heavy (non-hydrogen) atoms. The Labute approximate surface area is 105 Å². The molecule has 0 spiro atoms. The zero-order valence-corrected chi connectivity index (χ0v) is 11.4. The lowest BCUT2D eigenvalue weighted by molar-refractivity contribution is 0.268. The van der Waals surface area contributed by atoms with Crippen LogP contribution in [0.1, 0.15) is 36.6 Å². The van der Waals surface area contributed by atoms with Crippen molar-refractivity contribution in [1.29, 1.82) is 0 Å². The number of rotatable bonds is 4. The molecule has 3 heteroatoms. The number of aryl methyl sites for hydroxylation is 2. The number of aliphatic hydroxyl groups excluding tert-OH is 1. The van der Waals surface area contributed by atoms with E-state index in [0.29, 0.717) is 0 Å². The molecule has 0 bridgehead atoms. The Morgan fingerprint density at radius 2 is 1.73 bits per heavy atom. The van der Waals surface area contributed by atoms with E-state index in [4.69, 9.17) is 10.8 Å². The van der Waals surface area contributed by atoms with Crippen LogP contribution in [-0.2, 0) is 12.8 Å². The highest BCUT2D eigenvalue weighted by atomic mass is 127. The molecule has 84 valence electrons. The van der Waals surface area contributed by atoms with Crippen LogP contribution in [0, 0.1) is 3.57 Å². The molecule has 0 heterocycles. The topological polar surface area (TPSA) is 46.2 Å².